The molecule has 0 amide bonds. The number of piperidine rings is 1. The van der Waals surface area contributed by atoms with E-state index in [1.54, 1.807) is 0 Å². The largest absolute Gasteiger partial charge is 0.356 e. The Bertz CT molecular complexity index is 386. The molecule has 2 heteroatoms. The number of nitrogens with one attached hydrogen (secondary N) is 2. The van der Waals surface area contributed by atoms with E-state index < -0.39 is 0 Å². The van der Waals surface area contributed by atoms with E-state index in [0.29, 0.717) is 0 Å². The third-order valence-electron chi connectivity index (χ3n) is 3.04. The topological polar surface area (TPSA) is 24.1 Å². The van der Waals surface area contributed by atoms with Crippen molar-refractivity contribution in [1.29, 1.82) is 0 Å². The summed E-state index contributed by atoms with van der Waals surface area (Å²) in [6.07, 6.45) is 4.22. The zero-order valence-corrected chi connectivity index (χ0v) is 11.3. The van der Waals surface area contributed by atoms with Crippen LogP contribution >= 0.6 is 0 Å². The lowest BCUT2D eigenvalue weighted by molar-refractivity contribution is 0.520. The summed E-state index contributed by atoms with van der Waals surface area (Å²) in [5.74, 6) is 0. The Hall–Kier alpha value is -1.80. The van der Waals surface area contributed by atoms with E-state index in [1.165, 1.54) is 32.4 Å². The molecular formula is C17H22N2. The molecule has 1 heterocycles. The molecule has 19 heavy (non-hydrogen) atoms. The minimum absolute atomic E-state index is 1.12. The molecule has 0 aliphatic carbocycles. The molecule has 2 aromatic rings. The van der Waals surface area contributed by atoms with E-state index in [4.69, 9.17) is 0 Å². The molecule has 0 unspecified atom stereocenters. The van der Waals surface area contributed by atoms with Gasteiger partial charge in [0.05, 0.1) is 0 Å². The molecule has 0 spiro atoms. The smallest absolute Gasteiger partial charge is 0.0384 e. The summed E-state index contributed by atoms with van der Waals surface area (Å²) >= 11 is 0. The van der Waals surface area contributed by atoms with Gasteiger partial charge in [-0.25, -0.2) is 0 Å². The monoisotopic (exact) mass is 254 g/mol. The molecule has 0 radical (unpaired) electrons. The Morgan fingerprint density at radius 2 is 1.11 bits per heavy atom. The van der Waals surface area contributed by atoms with Crippen molar-refractivity contribution in [3.8, 4) is 0 Å². The average Bonchev–Trinajstić information content (AvgIpc) is 2.52. The van der Waals surface area contributed by atoms with Gasteiger partial charge >= 0.3 is 0 Å². The molecule has 0 atom stereocenters. The van der Waals surface area contributed by atoms with Crippen LogP contribution in [0.1, 0.15) is 19.3 Å². The van der Waals surface area contributed by atoms with Gasteiger partial charge in [-0.1, -0.05) is 42.8 Å². The second-order valence-electron chi connectivity index (χ2n) is 4.67. The standard InChI is InChI=1S/C12H11N.C5H11N/c1-3-7-11(8-4-1)13-12-9-5-2-6-10-12;1-2-4-6-5-3-1/h1-10,13H;6H,1-5H2. The van der Waals surface area contributed by atoms with Crippen LogP contribution in [-0.2, 0) is 0 Å². The molecule has 1 saturated heterocycles. The maximum Gasteiger partial charge on any atom is 0.0384 e. The first kappa shape index (κ1) is 13.6. The van der Waals surface area contributed by atoms with Crippen LogP contribution in [0.3, 0.4) is 0 Å². The van der Waals surface area contributed by atoms with Gasteiger partial charge in [0, 0.05) is 11.4 Å². The fraction of sp³-hybridized carbons (Fsp3) is 0.294. The highest BCUT2D eigenvalue weighted by molar-refractivity contribution is 5.58. The Balaban J connectivity index is 0.000000186. The van der Waals surface area contributed by atoms with Crippen molar-refractivity contribution in [3.63, 3.8) is 0 Å². The van der Waals surface area contributed by atoms with Gasteiger partial charge in [-0.15, -0.1) is 0 Å². The van der Waals surface area contributed by atoms with Crippen LogP contribution in [0, 0.1) is 0 Å². The first-order chi connectivity index (χ1) is 9.45. The second kappa shape index (κ2) is 8.33. The summed E-state index contributed by atoms with van der Waals surface area (Å²) in [4.78, 5) is 0. The summed E-state index contributed by atoms with van der Waals surface area (Å²) in [6, 6.07) is 20.3. The van der Waals surface area contributed by atoms with Crippen molar-refractivity contribution in [2.45, 2.75) is 19.3 Å². The lowest BCUT2D eigenvalue weighted by Crippen LogP contribution is -2.21. The predicted octanol–water partition coefficient (Wildman–Crippen LogP) is 4.19. The van der Waals surface area contributed by atoms with Crippen molar-refractivity contribution in [2.75, 3.05) is 18.4 Å². The molecule has 2 N–H and O–H groups in total. The number of para-hydroxylation sites is 2. The molecule has 0 saturated carbocycles. The average molecular weight is 254 g/mol. The van der Waals surface area contributed by atoms with E-state index in [9.17, 15) is 0 Å². The molecule has 0 bridgehead atoms. The summed E-state index contributed by atoms with van der Waals surface area (Å²) in [7, 11) is 0. The van der Waals surface area contributed by atoms with Gasteiger partial charge in [-0.2, -0.15) is 0 Å². The Morgan fingerprint density at radius 1 is 0.632 bits per heavy atom. The van der Waals surface area contributed by atoms with Crippen LogP contribution in [0.25, 0.3) is 0 Å². The number of rotatable bonds is 2. The third kappa shape index (κ3) is 5.58. The van der Waals surface area contributed by atoms with Gasteiger partial charge in [0.25, 0.3) is 0 Å². The highest BCUT2D eigenvalue weighted by atomic mass is 14.9. The van der Waals surface area contributed by atoms with Crippen molar-refractivity contribution < 1.29 is 0 Å². The summed E-state index contributed by atoms with van der Waals surface area (Å²) < 4.78 is 0. The number of hydrogen-bond acceptors (Lipinski definition) is 2. The van der Waals surface area contributed by atoms with Gasteiger partial charge in [-0.05, 0) is 50.2 Å². The first-order valence-electron chi connectivity index (χ1n) is 7.03. The quantitative estimate of drug-likeness (QED) is 0.839. The van der Waals surface area contributed by atoms with E-state index in [2.05, 4.69) is 10.6 Å². The molecule has 2 nitrogen and oxygen atoms in total. The maximum atomic E-state index is 3.30. The SMILES string of the molecule is C1CCNCC1.c1ccc(Nc2ccccc2)cc1. The Morgan fingerprint density at radius 3 is 1.42 bits per heavy atom. The Kier molecular flexibility index (Phi) is 5.97. The number of anilines is 2. The molecular weight excluding hydrogens is 232 g/mol. The van der Waals surface area contributed by atoms with Gasteiger partial charge in [0.15, 0.2) is 0 Å². The van der Waals surface area contributed by atoms with Crippen LogP contribution in [0.15, 0.2) is 60.7 Å². The number of benzene rings is 2. The summed E-state index contributed by atoms with van der Waals surface area (Å²) in [5.41, 5.74) is 2.24. The van der Waals surface area contributed by atoms with E-state index in [1.807, 2.05) is 60.7 Å². The Labute approximate surface area is 115 Å². The predicted molar refractivity (Wildman–Crippen MR) is 82.9 cm³/mol. The fourth-order valence-corrected chi connectivity index (χ4v) is 2.01. The maximum absolute atomic E-state index is 3.30. The molecule has 1 aliphatic rings. The van der Waals surface area contributed by atoms with E-state index in [0.717, 1.165) is 11.4 Å². The minimum Gasteiger partial charge on any atom is -0.356 e. The van der Waals surface area contributed by atoms with E-state index >= 15 is 0 Å². The van der Waals surface area contributed by atoms with Crippen molar-refractivity contribution in [1.82, 2.24) is 5.32 Å². The molecule has 100 valence electrons. The second-order valence-corrected chi connectivity index (χ2v) is 4.67. The van der Waals surface area contributed by atoms with Crippen LogP contribution in [-0.4, -0.2) is 13.1 Å². The van der Waals surface area contributed by atoms with Gasteiger partial charge in [0.1, 0.15) is 0 Å². The van der Waals surface area contributed by atoms with Crippen LogP contribution in [0.2, 0.25) is 0 Å². The summed E-state index contributed by atoms with van der Waals surface area (Å²) in [6.45, 7) is 2.50. The van der Waals surface area contributed by atoms with Crippen molar-refractivity contribution >= 4 is 11.4 Å². The minimum atomic E-state index is 1.12. The van der Waals surface area contributed by atoms with Crippen LogP contribution < -0.4 is 10.6 Å². The zero-order chi connectivity index (χ0) is 13.2. The van der Waals surface area contributed by atoms with Crippen molar-refractivity contribution in [2.24, 2.45) is 0 Å². The normalized spacial score (nSPS) is 14.1. The third-order valence-corrected chi connectivity index (χ3v) is 3.04. The van der Waals surface area contributed by atoms with Gasteiger partial charge in [-0.3, -0.25) is 0 Å². The molecule has 0 aromatic heterocycles. The molecule has 1 aliphatic heterocycles. The molecule has 2 aromatic carbocycles. The van der Waals surface area contributed by atoms with Gasteiger partial charge in [0.2, 0.25) is 0 Å². The lowest BCUT2D eigenvalue weighted by Gasteiger charge is -2.08. The fourth-order valence-electron chi connectivity index (χ4n) is 2.01. The molecule has 1 fully saturated rings. The molecule has 3 rings (SSSR count). The summed E-state index contributed by atoms with van der Waals surface area (Å²) in [5, 5.41) is 6.59. The van der Waals surface area contributed by atoms with Gasteiger partial charge < -0.3 is 10.6 Å². The lowest BCUT2D eigenvalue weighted by atomic mass is 10.2. The zero-order valence-electron chi connectivity index (χ0n) is 11.3. The van der Waals surface area contributed by atoms with Crippen molar-refractivity contribution in [3.05, 3.63) is 60.7 Å². The van der Waals surface area contributed by atoms with E-state index in [-0.39, 0.29) is 0 Å². The highest BCUT2D eigenvalue weighted by Crippen LogP contribution is 2.14. The van der Waals surface area contributed by atoms with Crippen LogP contribution in [0.4, 0.5) is 11.4 Å². The number of hydrogen-bond donors (Lipinski definition) is 2. The first-order valence-corrected chi connectivity index (χ1v) is 7.03. The van der Waals surface area contributed by atoms with Crippen LogP contribution in [0.5, 0.6) is 0 Å². The highest BCUT2D eigenvalue weighted by Gasteiger charge is 1.93.